The average Bonchev–Trinajstić information content (AvgIpc) is 2.97. The summed E-state index contributed by atoms with van der Waals surface area (Å²) in [5, 5.41) is 7.23. The maximum absolute atomic E-state index is 12.5. The average molecular weight is 342 g/mol. The van der Waals surface area contributed by atoms with Crippen molar-refractivity contribution in [1.29, 1.82) is 0 Å². The van der Waals surface area contributed by atoms with Crippen molar-refractivity contribution in [2.24, 2.45) is 17.6 Å². The summed E-state index contributed by atoms with van der Waals surface area (Å²) in [7, 11) is 0. The van der Waals surface area contributed by atoms with Gasteiger partial charge < -0.3 is 15.6 Å². The molecule has 2 saturated carbocycles. The molecule has 23 heavy (non-hydrogen) atoms. The second-order valence-electron chi connectivity index (χ2n) is 7.11. The summed E-state index contributed by atoms with van der Waals surface area (Å²) >= 11 is 0. The van der Waals surface area contributed by atoms with Gasteiger partial charge in [0.25, 0.3) is 5.91 Å². The van der Waals surface area contributed by atoms with Crippen LogP contribution in [0.2, 0.25) is 0 Å². The number of fused-ring (bicyclic) bond motifs is 2. The minimum Gasteiger partial charge on any atom is -0.351 e. The molecule has 6 heteroatoms. The van der Waals surface area contributed by atoms with Crippen LogP contribution >= 0.6 is 12.4 Å². The van der Waals surface area contributed by atoms with Gasteiger partial charge in [0, 0.05) is 24.1 Å². The SMILES string of the molecule is CCC(C)c1cc(C(=O)NC2C3CCCC2CC(N)C3)on1.Cl. The fourth-order valence-electron chi connectivity index (χ4n) is 4.08. The number of hydrogen-bond donors (Lipinski definition) is 2. The molecule has 0 saturated heterocycles. The van der Waals surface area contributed by atoms with E-state index in [0.717, 1.165) is 25.0 Å². The summed E-state index contributed by atoms with van der Waals surface area (Å²) in [6, 6.07) is 2.33. The Morgan fingerprint density at radius 3 is 2.70 bits per heavy atom. The molecule has 2 aliphatic carbocycles. The van der Waals surface area contributed by atoms with E-state index in [1.54, 1.807) is 6.07 Å². The van der Waals surface area contributed by atoms with Gasteiger partial charge in [-0.05, 0) is 43.9 Å². The zero-order valence-corrected chi connectivity index (χ0v) is 14.8. The Balaban J connectivity index is 0.00000192. The molecule has 0 aliphatic heterocycles. The molecule has 0 aromatic carbocycles. The molecule has 5 nitrogen and oxygen atoms in total. The number of nitrogens with zero attached hydrogens (tertiary/aromatic N) is 1. The van der Waals surface area contributed by atoms with Crippen molar-refractivity contribution in [2.75, 3.05) is 0 Å². The van der Waals surface area contributed by atoms with E-state index < -0.39 is 0 Å². The topological polar surface area (TPSA) is 81.2 Å². The normalized spacial score (nSPS) is 31.1. The number of rotatable bonds is 4. The van der Waals surface area contributed by atoms with Crippen molar-refractivity contribution in [1.82, 2.24) is 10.5 Å². The first-order chi connectivity index (χ1) is 10.6. The summed E-state index contributed by atoms with van der Waals surface area (Å²) in [6.07, 6.45) is 6.63. The zero-order chi connectivity index (χ0) is 15.7. The highest BCUT2D eigenvalue weighted by molar-refractivity contribution is 5.91. The molecule has 2 fully saturated rings. The lowest BCUT2D eigenvalue weighted by Crippen LogP contribution is -2.53. The summed E-state index contributed by atoms with van der Waals surface area (Å²) in [6.45, 7) is 4.19. The van der Waals surface area contributed by atoms with Gasteiger partial charge in [0.15, 0.2) is 0 Å². The van der Waals surface area contributed by atoms with Gasteiger partial charge in [0.2, 0.25) is 5.76 Å². The largest absolute Gasteiger partial charge is 0.351 e. The van der Waals surface area contributed by atoms with Gasteiger partial charge in [0.05, 0.1) is 5.69 Å². The molecule has 3 N–H and O–H groups in total. The zero-order valence-electron chi connectivity index (χ0n) is 14.0. The molecule has 1 aromatic rings. The van der Waals surface area contributed by atoms with Crippen LogP contribution in [0.1, 0.15) is 74.5 Å². The fourth-order valence-corrected chi connectivity index (χ4v) is 4.08. The first-order valence-corrected chi connectivity index (χ1v) is 8.61. The van der Waals surface area contributed by atoms with E-state index in [1.807, 2.05) is 0 Å². The van der Waals surface area contributed by atoms with Gasteiger partial charge in [-0.25, -0.2) is 0 Å². The van der Waals surface area contributed by atoms with Crippen LogP contribution in [-0.4, -0.2) is 23.1 Å². The third-order valence-electron chi connectivity index (χ3n) is 5.54. The molecule has 0 spiro atoms. The fraction of sp³-hybridized carbons (Fsp3) is 0.765. The number of nitrogens with two attached hydrogens (primary N) is 1. The van der Waals surface area contributed by atoms with Gasteiger partial charge in [-0.2, -0.15) is 0 Å². The second kappa shape index (κ2) is 7.67. The van der Waals surface area contributed by atoms with Crippen LogP contribution in [0, 0.1) is 11.8 Å². The van der Waals surface area contributed by atoms with Crippen LogP contribution in [0.5, 0.6) is 0 Å². The predicted molar refractivity (Wildman–Crippen MR) is 91.8 cm³/mol. The summed E-state index contributed by atoms with van der Waals surface area (Å²) < 4.78 is 5.25. The molecule has 1 amide bonds. The predicted octanol–water partition coefficient (Wildman–Crippen LogP) is 3.25. The number of carbonyl (C=O) groups is 1. The Labute approximate surface area is 144 Å². The minimum absolute atomic E-state index is 0. The van der Waals surface area contributed by atoms with E-state index in [2.05, 4.69) is 24.3 Å². The highest BCUT2D eigenvalue weighted by atomic mass is 35.5. The van der Waals surface area contributed by atoms with E-state index in [9.17, 15) is 4.79 Å². The van der Waals surface area contributed by atoms with Gasteiger partial charge in [-0.3, -0.25) is 4.79 Å². The van der Waals surface area contributed by atoms with Gasteiger partial charge >= 0.3 is 0 Å². The highest BCUT2D eigenvalue weighted by Crippen LogP contribution is 2.39. The molecule has 2 aliphatic rings. The van der Waals surface area contributed by atoms with E-state index >= 15 is 0 Å². The maximum atomic E-state index is 12.5. The van der Waals surface area contributed by atoms with Crippen LogP contribution in [0.4, 0.5) is 0 Å². The van der Waals surface area contributed by atoms with Crippen LogP contribution in [0.15, 0.2) is 10.6 Å². The molecular formula is C17H28ClN3O2. The van der Waals surface area contributed by atoms with Crippen LogP contribution in [0.3, 0.4) is 0 Å². The number of halogens is 1. The Kier molecular flexibility index (Phi) is 6.09. The van der Waals surface area contributed by atoms with E-state index in [-0.39, 0.29) is 24.4 Å². The third kappa shape index (κ3) is 3.89. The molecule has 3 unspecified atom stereocenters. The summed E-state index contributed by atoms with van der Waals surface area (Å²) in [4.78, 5) is 12.5. The van der Waals surface area contributed by atoms with E-state index in [0.29, 0.717) is 29.6 Å². The van der Waals surface area contributed by atoms with E-state index in [1.165, 1.54) is 19.3 Å². The lowest BCUT2D eigenvalue weighted by molar-refractivity contribution is 0.0724. The van der Waals surface area contributed by atoms with Crippen molar-refractivity contribution in [3.05, 3.63) is 17.5 Å². The smallest absolute Gasteiger partial charge is 0.290 e. The molecule has 1 heterocycles. The van der Waals surface area contributed by atoms with Gasteiger partial charge in [0.1, 0.15) is 0 Å². The van der Waals surface area contributed by atoms with Crippen molar-refractivity contribution in [3.63, 3.8) is 0 Å². The molecule has 130 valence electrons. The lowest BCUT2D eigenvalue weighted by atomic mass is 9.67. The van der Waals surface area contributed by atoms with Gasteiger partial charge in [-0.15, -0.1) is 12.4 Å². The quantitative estimate of drug-likeness (QED) is 0.880. The Morgan fingerprint density at radius 2 is 2.09 bits per heavy atom. The number of hydrogen-bond acceptors (Lipinski definition) is 4. The number of aromatic nitrogens is 1. The highest BCUT2D eigenvalue weighted by Gasteiger charge is 2.40. The Bertz CT molecular complexity index is 520. The first-order valence-electron chi connectivity index (χ1n) is 8.61. The Morgan fingerprint density at radius 1 is 1.43 bits per heavy atom. The molecule has 2 bridgehead atoms. The van der Waals surface area contributed by atoms with Crippen LogP contribution in [0.25, 0.3) is 0 Å². The molecule has 0 radical (unpaired) electrons. The molecule has 3 rings (SSSR count). The summed E-state index contributed by atoms with van der Waals surface area (Å²) in [5.74, 6) is 1.56. The lowest BCUT2D eigenvalue weighted by Gasteiger charge is -2.45. The van der Waals surface area contributed by atoms with Crippen molar-refractivity contribution >= 4 is 18.3 Å². The Hall–Kier alpha value is -1.07. The maximum Gasteiger partial charge on any atom is 0.290 e. The van der Waals surface area contributed by atoms with E-state index in [4.69, 9.17) is 10.3 Å². The molecule has 1 aromatic heterocycles. The van der Waals surface area contributed by atoms with Crippen molar-refractivity contribution < 1.29 is 9.32 Å². The third-order valence-corrected chi connectivity index (χ3v) is 5.54. The second-order valence-corrected chi connectivity index (χ2v) is 7.11. The summed E-state index contributed by atoms with van der Waals surface area (Å²) in [5.41, 5.74) is 7.00. The van der Waals surface area contributed by atoms with Gasteiger partial charge in [-0.1, -0.05) is 25.4 Å². The number of nitrogens with one attached hydrogen (secondary N) is 1. The number of carbonyl (C=O) groups excluding carboxylic acids is 1. The standard InChI is InChI=1S/C17H27N3O2.ClH/c1-3-10(2)14-9-15(22-20-14)17(21)19-16-11-5-4-6-12(16)8-13(18)7-11;/h9-13,16H,3-8,18H2,1-2H3,(H,19,21);1H. The minimum atomic E-state index is -0.126. The van der Waals surface area contributed by atoms with Crippen molar-refractivity contribution in [2.45, 2.75) is 70.4 Å². The van der Waals surface area contributed by atoms with Crippen LogP contribution < -0.4 is 11.1 Å². The number of amides is 1. The van der Waals surface area contributed by atoms with Crippen LogP contribution in [-0.2, 0) is 0 Å². The monoisotopic (exact) mass is 341 g/mol. The van der Waals surface area contributed by atoms with Crippen molar-refractivity contribution in [3.8, 4) is 0 Å². The first kappa shape index (κ1) is 18.3. The molecular weight excluding hydrogens is 314 g/mol. The molecule has 3 atom stereocenters.